The lowest BCUT2D eigenvalue weighted by Gasteiger charge is -2.25. The van der Waals surface area contributed by atoms with E-state index in [4.69, 9.17) is 11.5 Å². The zero-order valence-corrected chi connectivity index (χ0v) is 11.5. The molecule has 0 radical (unpaired) electrons. The van der Waals surface area contributed by atoms with Crippen LogP contribution in [-0.2, 0) is 9.59 Å². The van der Waals surface area contributed by atoms with E-state index < -0.39 is 5.91 Å². The van der Waals surface area contributed by atoms with E-state index in [0.717, 1.165) is 24.9 Å². The summed E-state index contributed by atoms with van der Waals surface area (Å²) in [7, 11) is 0. The van der Waals surface area contributed by atoms with Gasteiger partial charge in [0.15, 0.2) is 0 Å². The van der Waals surface area contributed by atoms with Gasteiger partial charge in [0.25, 0.3) is 0 Å². The van der Waals surface area contributed by atoms with E-state index in [2.05, 4.69) is 0 Å². The Balaban J connectivity index is 2.13. The van der Waals surface area contributed by atoms with Crippen LogP contribution in [-0.4, -0.2) is 24.4 Å². The molecule has 5 nitrogen and oxygen atoms in total. The Kier molecular flexibility index (Phi) is 4.74. The monoisotopic (exact) mass is 275 g/mol. The Bertz CT molecular complexity index is 475. The van der Waals surface area contributed by atoms with Crippen LogP contribution in [0.15, 0.2) is 30.3 Å². The zero-order chi connectivity index (χ0) is 14.5. The number of primary amides is 1. The first kappa shape index (κ1) is 14.5. The van der Waals surface area contributed by atoms with Gasteiger partial charge in [0, 0.05) is 30.6 Å². The molecule has 20 heavy (non-hydrogen) atoms. The number of hydrogen-bond donors (Lipinski definition) is 2. The van der Waals surface area contributed by atoms with Gasteiger partial charge in [-0.05, 0) is 31.4 Å². The number of carbonyl (C=O) groups is 2. The van der Waals surface area contributed by atoms with Crippen LogP contribution in [0.5, 0.6) is 0 Å². The highest BCUT2D eigenvalue weighted by atomic mass is 16.2. The number of amides is 2. The third-order valence-corrected chi connectivity index (χ3v) is 3.74. The minimum Gasteiger partial charge on any atom is -0.370 e. The van der Waals surface area contributed by atoms with Gasteiger partial charge >= 0.3 is 0 Å². The van der Waals surface area contributed by atoms with Crippen molar-refractivity contribution in [3.05, 3.63) is 30.3 Å². The number of hydrogen-bond acceptors (Lipinski definition) is 3. The summed E-state index contributed by atoms with van der Waals surface area (Å²) in [5.74, 6) is -0.398. The first-order valence-corrected chi connectivity index (χ1v) is 6.98. The van der Waals surface area contributed by atoms with Crippen LogP contribution in [0.2, 0.25) is 0 Å². The molecule has 108 valence electrons. The first-order chi connectivity index (χ1) is 9.58. The lowest BCUT2D eigenvalue weighted by atomic mass is 10.1. The molecule has 1 aliphatic carbocycles. The summed E-state index contributed by atoms with van der Waals surface area (Å²) >= 11 is 0. The number of para-hydroxylation sites is 1. The maximum Gasteiger partial charge on any atom is 0.230 e. The van der Waals surface area contributed by atoms with Crippen molar-refractivity contribution < 1.29 is 9.59 Å². The molecule has 0 aromatic heterocycles. The van der Waals surface area contributed by atoms with Crippen molar-refractivity contribution >= 4 is 17.5 Å². The van der Waals surface area contributed by atoms with Gasteiger partial charge in [-0.25, -0.2) is 0 Å². The van der Waals surface area contributed by atoms with Crippen molar-refractivity contribution in [3.63, 3.8) is 0 Å². The van der Waals surface area contributed by atoms with Crippen LogP contribution >= 0.6 is 0 Å². The van der Waals surface area contributed by atoms with Gasteiger partial charge in [-0.1, -0.05) is 18.2 Å². The van der Waals surface area contributed by atoms with Crippen LogP contribution in [0, 0.1) is 5.92 Å². The van der Waals surface area contributed by atoms with Gasteiger partial charge < -0.3 is 16.4 Å². The number of benzene rings is 1. The molecule has 2 rings (SSSR count). The molecule has 2 unspecified atom stereocenters. The lowest BCUT2D eigenvalue weighted by Crippen LogP contribution is -2.38. The van der Waals surface area contributed by atoms with Crippen LogP contribution in [0.25, 0.3) is 0 Å². The van der Waals surface area contributed by atoms with Crippen LogP contribution in [0.1, 0.15) is 25.7 Å². The van der Waals surface area contributed by atoms with E-state index in [1.54, 1.807) is 4.90 Å². The molecule has 2 amide bonds. The summed E-state index contributed by atoms with van der Waals surface area (Å²) in [6, 6.07) is 9.49. The number of rotatable bonds is 5. The van der Waals surface area contributed by atoms with E-state index in [1.807, 2.05) is 30.3 Å². The molecule has 0 bridgehead atoms. The second-order valence-electron chi connectivity index (χ2n) is 5.31. The van der Waals surface area contributed by atoms with Crippen LogP contribution in [0.3, 0.4) is 0 Å². The summed E-state index contributed by atoms with van der Waals surface area (Å²) in [6.45, 7) is 0.323. The lowest BCUT2D eigenvalue weighted by molar-refractivity contribution is -0.122. The Morgan fingerprint density at radius 3 is 2.45 bits per heavy atom. The molecule has 1 aliphatic rings. The number of nitrogens with two attached hydrogens (primary N) is 2. The maximum atomic E-state index is 12.6. The molecule has 1 saturated carbocycles. The summed E-state index contributed by atoms with van der Waals surface area (Å²) in [6.07, 6.45) is 2.59. The molecule has 0 aliphatic heterocycles. The molecule has 1 fully saturated rings. The van der Waals surface area contributed by atoms with Crippen LogP contribution in [0.4, 0.5) is 5.69 Å². The van der Waals surface area contributed by atoms with E-state index in [1.165, 1.54) is 0 Å². The Labute approximate surface area is 118 Å². The Hall–Kier alpha value is -1.88. The third kappa shape index (κ3) is 3.57. The SMILES string of the molecule is NC(=O)CCN(C(=O)C1CCC(N)C1)c1ccccc1. The quantitative estimate of drug-likeness (QED) is 0.840. The predicted molar refractivity (Wildman–Crippen MR) is 77.9 cm³/mol. The standard InChI is InChI=1S/C15H21N3O2/c16-12-7-6-11(10-12)15(20)18(9-8-14(17)19)13-4-2-1-3-5-13/h1-5,11-12H,6-10,16H2,(H2,17,19). The van der Waals surface area contributed by atoms with Crippen molar-refractivity contribution in [2.75, 3.05) is 11.4 Å². The number of nitrogens with zero attached hydrogens (tertiary/aromatic N) is 1. The summed E-state index contributed by atoms with van der Waals surface area (Å²) in [5.41, 5.74) is 11.9. The van der Waals surface area contributed by atoms with Gasteiger partial charge in [-0.2, -0.15) is 0 Å². The van der Waals surface area contributed by atoms with Gasteiger partial charge in [0.05, 0.1) is 0 Å². The average Bonchev–Trinajstić information content (AvgIpc) is 2.86. The molecular formula is C15H21N3O2. The second-order valence-corrected chi connectivity index (χ2v) is 5.31. The fourth-order valence-corrected chi connectivity index (χ4v) is 2.66. The first-order valence-electron chi connectivity index (χ1n) is 6.98. The van der Waals surface area contributed by atoms with E-state index in [0.29, 0.717) is 6.54 Å². The van der Waals surface area contributed by atoms with Gasteiger partial charge in [0.1, 0.15) is 0 Å². The molecule has 5 heteroatoms. The zero-order valence-electron chi connectivity index (χ0n) is 11.5. The van der Waals surface area contributed by atoms with Gasteiger partial charge in [-0.15, -0.1) is 0 Å². The summed E-state index contributed by atoms with van der Waals surface area (Å²) in [4.78, 5) is 25.3. The van der Waals surface area contributed by atoms with Crippen molar-refractivity contribution in [1.82, 2.24) is 0 Å². The number of carbonyl (C=O) groups excluding carboxylic acids is 2. The molecule has 1 aromatic rings. The van der Waals surface area contributed by atoms with Crippen molar-refractivity contribution in [1.29, 1.82) is 0 Å². The molecule has 2 atom stereocenters. The number of anilines is 1. The topological polar surface area (TPSA) is 89.4 Å². The second kappa shape index (κ2) is 6.52. The molecule has 1 aromatic carbocycles. The molecular weight excluding hydrogens is 254 g/mol. The summed E-state index contributed by atoms with van der Waals surface area (Å²) < 4.78 is 0. The van der Waals surface area contributed by atoms with E-state index in [9.17, 15) is 9.59 Å². The van der Waals surface area contributed by atoms with Crippen LogP contribution < -0.4 is 16.4 Å². The summed E-state index contributed by atoms with van der Waals surface area (Å²) in [5, 5.41) is 0. The minimum absolute atomic E-state index is 0.0434. The highest BCUT2D eigenvalue weighted by molar-refractivity contribution is 5.95. The maximum absolute atomic E-state index is 12.6. The van der Waals surface area contributed by atoms with Gasteiger partial charge in [-0.3, -0.25) is 9.59 Å². The fraction of sp³-hybridized carbons (Fsp3) is 0.467. The van der Waals surface area contributed by atoms with Crippen molar-refractivity contribution in [2.24, 2.45) is 17.4 Å². The highest BCUT2D eigenvalue weighted by Gasteiger charge is 2.31. The fourth-order valence-electron chi connectivity index (χ4n) is 2.66. The minimum atomic E-state index is -0.401. The van der Waals surface area contributed by atoms with E-state index >= 15 is 0 Å². The molecule has 0 saturated heterocycles. The predicted octanol–water partition coefficient (Wildman–Crippen LogP) is 1.02. The van der Waals surface area contributed by atoms with Crippen molar-refractivity contribution in [3.8, 4) is 0 Å². The average molecular weight is 275 g/mol. The van der Waals surface area contributed by atoms with Gasteiger partial charge in [0.2, 0.25) is 11.8 Å². The van der Waals surface area contributed by atoms with Crippen molar-refractivity contribution in [2.45, 2.75) is 31.7 Å². The van der Waals surface area contributed by atoms with E-state index in [-0.39, 0.29) is 24.3 Å². The largest absolute Gasteiger partial charge is 0.370 e. The molecule has 0 heterocycles. The Morgan fingerprint density at radius 2 is 1.90 bits per heavy atom. The highest BCUT2D eigenvalue weighted by Crippen LogP contribution is 2.28. The Morgan fingerprint density at radius 1 is 1.20 bits per heavy atom. The third-order valence-electron chi connectivity index (χ3n) is 3.74. The molecule has 0 spiro atoms. The smallest absolute Gasteiger partial charge is 0.230 e. The normalized spacial score (nSPS) is 21.6. The molecule has 4 N–H and O–H groups in total.